The van der Waals surface area contributed by atoms with Crippen LogP contribution in [0.25, 0.3) is 0 Å². The monoisotopic (exact) mass is 324 g/mol. The predicted molar refractivity (Wildman–Crippen MR) is 79.0 cm³/mol. The summed E-state index contributed by atoms with van der Waals surface area (Å²) in [4.78, 5) is 0. The van der Waals surface area contributed by atoms with Crippen molar-refractivity contribution >= 4 is 27.5 Å². The summed E-state index contributed by atoms with van der Waals surface area (Å²) < 4.78 is 0.810. The molecule has 18 heavy (non-hydrogen) atoms. The highest BCUT2D eigenvalue weighted by atomic mass is 79.9. The lowest BCUT2D eigenvalue weighted by Gasteiger charge is -2.12. The lowest BCUT2D eigenvalue weighted by atomic mass is 10.0. The number of rotatable bonds is 3. The van der Waals surface area contributed by atoms with Crippen molar-refractivity contribution in [1.29, 1.82) is 0 Å². The molecule has 0 aromatic heterocycles. The summed E-state index contributed by atoms with van der Waals surface area (Å²) in [5.41, 5.74) is 3.22. The van der Waals surface area contributed by atoms with Gasteiger partial charge in [0.2, 0.25) is 0 Å². The van der Waals surface area contributed by atoms with E-state index in [1.807, 2.05) is 24.3 Å². The summed E-state index contributed by atoms with van der Waals surface area (Å²) in [5, 5.41) is 10.8. The third-order valence-corrected chi connectivity index (χ3v) is 4.09. The molecule has 1 N–H and O–H groups in total. The standard InChI is InChI=1S/C15H14BrClO/c1-10-2-4-11(5-3-10)8-15(18)12-6-7-14(17)13(16)9-12/h2-7,9,15,18H,8H2,1H3. The zero-order chi connectivity index (χ0) is 13.1. The fraction of sp³-hybridized carbons (Fsp3) is 0.200. The molecule has 0 saturated carbocycles. The molecule has 1 unspecified atom stereocenters. The summed E-state index contributed by atoms with van der Waals surface area (Å²) >= 11 is 9.30. The van der Waals surface area contributed by atoms with E-state index in [0.717, 1.165) is 15.6 Å². The second kappa shape index (κ2) is 5.87. The van der Waals surface area contributed by atoms with Gasteiger partial charge in [-0.1, -0.05) is 47.5 Å². The van der Waals surface area contributed by atoms with Crippen LogP contribution in [0.3, 0.4) is 0 Å². The van der Waals surface area contributed by atoms with Crippen LogP contribution in [-0.2, 0) is 6.42 Å². The Morgan fingerprint density at radius 2 is 1.83 bits per heavy atom. The van der Waals surface area contributed by atoms with Gasteiger partial charge < -0.3 is 5.11 Å². The first-order chi connectivity index (χ1) is 8.56. The molecule has 0 amide bonds. The second-order valence-electron chi connectivity index (χ2n) is 4.38. The van der Waals surface area contributed by atoms with Gasteiger partial charge in [0.1, 0.15) is 0 Å². The van der Waals surface area contributed by atoms with Gasteiger partial charge in [-0.2, -0.15) is 0 Å². The molecule has 2 rings (SSSR count). The third kappa shape index (κ3) is 3.35. The number of halogens is 2. The molecule has 0 aliphatic rings. The molecule has 0 aliphatic heterocycles. The highest BCUT2D eigenvalue weighted by Gasteiger charge is 2.10. The molecule has 0 radical (unpaired) electrons. The number of hydrogen-bond acceptors (Lipinski definition) is 1. The fourth-order valence-corrected chi connectivity index (χ4v) is 2.30. The maximum absolute atomic E-state index is 10.2. The van der Waals surface area contributed by atoms with Crippen LogP contribution in [0.1, 0.15) is 22.8 Å². The van der Waals surface area contributed by atoms with E-state index in [0.29, 0.717) is 11.4 Å². The average Bonchev–Trinajstić information content (AvgIpc) is 2.35. The maximum atomic E-state index is 10.2. The molecule has 0 heterocycles. The lowest BCUT2D eigenvalue weighted by molar-refractivity contribution is 0.178. The molecule has 94 valence electrons. The molecule has 2 aromatic rings. The Morgan fingerprint density at radius 3 is 2.44 bits per heavy atom. The molecule has 3 heteroatoms. The van der Waals surface area contributed by atoms with Crippen molar-refractivity contribution in [2.24, 2.45) is 0 Å². The van der Waals surface area contributed by atoms with Crippen molar-refractivity contribution in [2.45, 2.75) is 19.4 Å². The highest BCUT2D eigenvalue weighted by molar-refractivity contribution is 9.10. The summed E-state index contributed by atoms with van der Waals surface area (Å²) in [5.74, 6) is 0. The Kier molecular flexibility index (Phi) is 4.44. The Balaban J connectivity index is 2.13. The first kappa shape index (κ1) is 13.6. The zero-order valence-electron chi connectivity index (χ0n) is 10.0. The molecule has 0 bridgehead atoms. The smallest absolute Gasteiger partial charge is 0.0830 e. The topological polar surface area (TPSA) is 20.2 Å². The summed E-state index contributed by atoms with van der Waals surface area (Å²) in [6.07, 6.45) is 0.0928. The molecule has 0 fully saturated rings. The maximum Gasteiger partial charge on any atom is 0.0830 e. The number of aliphatic hydroxyl groups excluding tert-OH is 1. The van der Waals surface area contributed by atoms with Gasteiger partial charge in [0.05, 0.1) is 11.1 Å². The minimum absolute atomic E-state index is 0.513. The molecule has 0 aliphatic carbocycles. The van der Waals surface area contributed by atoms with Crippen molar-refractivity contribution in [1.82, 2.24) is 0 Å². The number of aryl methyl sites for hydroxylation is 1. The first-order valence-corrected chi connectivity index (χ1v) is 6.92. The van der Waals surface area contributed by atoms with E-state index >= 15 is 0 Å². The van der Waals surface area contributed by atoms with Gasteiger partial charge in [-0.05, 0) is 46.1 Å². The van der Waals surface area contributed by atoms with Crippen LogP contribution in [0, 0.1) is 6.92 Å². The van der Waals surface area contributed by atoms with Crippen LogP contribution in [-0.4, -0.2) is 5.11 Å². The Labute approximate surface area is 121 Å². The lowest BCUT2D eigenvalue weighted by Crippen LogP contribution is -2.01. The summed E-state index contributed by atoms with van der Waals surface area (Å²) in [6, 6.07) is 13.7. The van der Waals surface area contributed by atoms with Gasteiger partial charge in [-0.15, -0.1) is 0 Å². The number of hydrogen-bond donors (Lipinski definition) is 1. The molecule has 1 atom stereocenters. The largest absolute Gasteiger partial charge is 0.388 e. The van der Waals surface area contributed by atoms with Crippen LogP contribution in [0.5, 0.6) is 0 Å². The third-order valence-electron chi connectivity index (χ3n) is 2.88. The van der Waals surface area contributed by atoms with Crippen molar-refractivity contribution in [2.75, 3.05) is 0 Å². The summed E-state index contributed by atoms with van der Waals surface area (Å²) in [6.45, 7) is 2.05. The second-order valence-corrected chi connectivity index (χ2v) is 5.64. The SMILES string of the molecule is Cc1ccc(CC(O)c2ccc(Cl)c(Br)c2)cc1. The van der Waals surface area contributed by atoms with Gasteiger partial charge in [0.15, 0.2) is 0 Å². The van der Waals surface area contributed by atoms with Gasteiger partial charge >= 0.3 is 0 Å². The molecule has 0 saturated heterocycles. The van der Waals surface area contributed by atoms with Gasteiger partial charge in [-0.3, -0.25) is 0 Å². The molecule has 0 spiro atoms. The van der Waals surface area contributed by atoms with Crippen LogP contribution < -0.4 is 0 Å². The van der Waals surface area contributed by atoms with E-state index in [-0.39, 0.29) is 0 Å². The fourth-order valence-electron chi connectivity index (χ4n) is 1.78. The minimum atomic E-state index is -0.513. The van der Waals surface area contributed by atoms with Crippen LogP contribution in [0.15, 0.2) is 46.9 Å². The molecular weight excluding hydrogens is 312 g/mol. The number of aliphatic hydroxyl groups is 1. The predicted octanol–water partition coefficient (Wildman–Crippen LogP) is 4.69. The molecule has 1 nitrogen and oxygen atoms in total. The highest BCUT2D eigenvalue weighted by Crippen LogP contribution is 2.27. The molecule has 2 aromatic carbocycles. The van der Waals surface area contributed by atoms with Crippen LogP contribution >= 0.6 is 27.5 Å². The normalized spacial score (nSPS) is 12.4. The number of benzene rings is 2. The van der Waals surface area contributed by atoms with E-state index in [1.165, 1.54) is 5.56 Å². The minimum Gasteiger partial charge on any atom is -0.388 e. The van der Waals surface area contributed by atoms with Crippen LogP contribution in [0.2, 0.25) is 5.02 Å². The van der Waals surface area contributed by atoms with Crippen molar-refractivity contribution in [3.63, 3.8) is 0 Å². The summed E-state index contributed by atoms with van der Waals surface area (Å²) in [7, 11) is 0. The van der Waals surface area contributed by atoms with E-state index in [4.69, 9.17) is 11.6 Å². The first-order valence-electron chi connectivity index (χ1n) is 5.75. The Bertz CT molecular complexity index is 537. The van der Waals surface area contributed by atoms with E-state index in [2.05, 4.69) is 35.0 Å². The molecular formula is C15H14BrClO. The van der Waals surface area contributed by atoms with Gasteiger partial charge in [0.25, 0.3) is 0 Å². The van der Waals surface area contributed by atoms with E-state index < -0.39 is 6.10 Å². The Morgan fingerprint density at radius 1 is 1.17 bits per heavy atom. The Hall–Kier alpha value is -0.830. The van der Waals surface area contributed by atoms with Crippen LogP contribution in [0.4, 0.5) is 0 Å². The van der Waals surface area contributed by atoms with Crippen molar-refractivity contribution in [3.8, 4) is 0 Å². The zero-order valence-corrected chi connectivity index (χ0v) is 12.4. The van der Waals surface area contributed by atoms with Gasteiger partial charge in [0, 0.05) is 10.9 Å². The van der Waals surface area contributed by atoms with Crippen molar-refractivity contribution < 1.29 is 5.11 Å². The van der Waals surface area contributed by atoms with E-state index in [1.54, 1.807) is 6.07 Å². The van der Waals surface area contributed by atoms with Crippen molar-refractivity contribution in [3.05, 3.63) is 68.7 Å². The van der Waals surface area contributed by atoms with E-state index in [9.17, 15) is 5.11 Å². The van der Waals surface area contributed by atoms with Gasteiger partial charge in [-0.25, -0.2) is 0 Å². The quantitative estimate of drug-likeness (QED) is 0.868. The average molecular weight is 326 g/mol.